The predicted molar refractivity (Wildman–Crippen MR) is 172 cm³/mol. The molecular weight excluding hydrogens is 496 g/mol. The zero-order valence-corrected chi connectivity index (χ0v) is 22.4. The molecular formula is C39H26N2. The van der Waals surface area contributed by atoms with Crippen LogP contribution in [0.15, 0.2) is 158 Å². The number of rotatable bonds is 4. The van der Waals surface area contributed by atoms with Gasteiger partial charge >= 0.3 is 0 Å². The van der Waals surface area contributed by atoms with Gasteiger partial charge in [-0.05, 0) is 45.0 Å². The smallest absolute Gasteiger partial charge is 0.101 e. The SMILES string of the molecule is c1ccc(-c2c(-c3cccc(-c4cccc5ccccc45)c3)nn3c(-c4ccccc4)cc4ccccc4c23)cc1. The molecule has 0 aliphatic rings. The van der Waals surface area contributed by atoms with Gasteiger partial charge < -0.3 is 0 Å². The maximum Gasteiger partial charge on any atom is 0.101 e. The number of fused-ring (bicyclic) bond motifs is 4. The Morgan fingerprint density at radius 1 is 0.415 bits per heavy atom. The first-order valence-corrected chi connectivity index (χ1v) is 14.0. The molecule has 6 aromatic carbocycles. The van der Waals surface area contributed by atoms with E-state index in [0.29, 0.717) is 0 Å². The molecule has 0 unspecified atom stereocenters. The molecule has 41 heavy (non-hydrogen) atoms. The van der Waals surface area contributed by atoms with Crippen LogP contribution in [-0.4, -0.2) is 9.61 Å². The zero-order valence-electron chi connectivity index (χ0n) is 22.4. The fraction of sp³-hybridized carbons (Fsp3) is 0. The van der Waals surface area contributed by atoms with Crippen molar-refractivity contribution in [3.05, 3.63) is 158 Å². The average Bonchev–Trinajstić information content (AvgIpc) is 3.46. The first-order valence-electron chi connectivity index (χ1n) is 14.0. The first-order chi connectivity index (χ1) is 20.3. The molecule has 0 aliphatic heterocycles. The van der Waals surface area contributed by atoms with Gasteiger partial charge in [-0.3, -0.25) is 0 Å². The van der Waals surface area contributed by atoms with E-state index in [-0.39, 0.29) is 0 Å². The molecule has 2 heteroatoms. The Kier molecular flexibility index (Phi) is 5.49. The van der Waals surface area contributed by atoms with E-state index in [1.165, 1.54) is 32.7 Å². The summed E-state index contributed by atoms with van der Waals surface area (Å²) in [7, 11) is 0. The lowest BCUT2D eigenvalue weighted by atomic mass is 9.94. The first kappa shape index (κ1) is 23.4. The Bertz CT molecular complexity index is 2190. The Morgan fingerprint density at radius 3 is 1.80 bits per heavy atom. The van der Waals surface area contributed by atoms with E-state index >= 15 is 0 Å². The summed E-state index contributed by atoms with van der Waals surface area (Å²) in [6.07, 6.45) is 0. The second kappa shape index (κ2) is 9.62. The molecule has 0 N–H and O–H groups in total. The Labute approximate surface area is 238 Å². The van der Waals surface area contributed by atoms with Gasteiger partial charge in [-0.25, -0.2) is 4.52 Å². The van der Waals surface area contributed by atoms with Crippen LogP contribution in [0, 0.1) is 0 Å². The molecule has 0 fully saturated rings. The lowest BCUT2D eigenvalue weighted by molar-refractivity contribution is 0.979. The second-order valence-corrected chi connectivity index (χ2v) is 10.4. The van der Waals surface area contributed by atoms with Crippen LogP contribution in [0.1, 0.15) is 0 Å². The van der Waals surface area contributed by atoms with E-state index < -0.39 is 0 Å². The normalized spacial score (nSPS) is 11.4. The van der Waals surface area contributed by atoms with E-state index in [0.717, 1.165) is 39.2 Å². The monoisotopic (exact) mass is 522 g/mol. The van der Waals surface area contributed by atoms with Gasteiger partial charge in [0, 0.05) is 22.1 Å². The van der Waals surface area contributed by atoms with Crippen LogP contribution in [0.25, 0.3) is 71.8 Å². The summed E-state index contributed by atoms with van der Waals surface area (Å²) in [5.74, 6) is 0. The van der Waals surface area contributed by atoms with Crippen molar-refractivity contribution >= 4 is 27.1 Å². The van der Waals surface area contributed by atoms with Gasteiger partial charge in [-0.15, -0.1) is 0 Å². The van der Waals surface area contributed by atoms with Crippen LogP contribution in [0.3, 0.4) is 0 Å². The molecule has 2 heterocycles. The van der Waals surface area contributed by atoms with E-state index in [1.807, 2.05) is 0 Å². The van der Waals surface area contributed by atoms with Crippen LogP contribution in [0.5, 0.6) is 0 Å². The number of aromatic nitrogens is 2. The van der Waals surface area contributed by atoms with Crippen LogP contribution in [0.2, 0.25) is 0 Å². The van der Waals surface area contributed by atoms with Crippen molar-refractivity contribution in [2.45, 2.75) is 0 Å². The maximum atomic E-state index is 5.40. The fourth-order valence-corrected chi connectivity index (χ4v) is 6.09. The van der Waals surface area contributed by atoms with Crippen molar-refractivity contribution in [2.24, 2.45) is 0 Å². The van der Waals surface area contributed by atoms with Gasteiger partial charge in [0.1, 0.15) is 5.69 Å². The third kappa shape index (κ3) is 3.92. The molecule has 0 radical (unpaired) electrons. The lowest BCUT2D eigenvalue weighted by Gasteiger charge is -2.11. The summed E-state index contributed by atoms with van der Waals surface area (Å²) in [5, 5.41) is 10.3. The lowest BCUT2D eigenvalue weighted by Crippen LogP contribution is -1.95. The number of nitrogens with zero attached hydrogens (tertiary/aromatic N) is 2. The molecule has 8 aromatic rings. The Morgan fingerprint density at radius 2 is 1.00 bits per heavy atom. The molecule has 0 saturated heterocycles. The largest absolute Gasteiger partial charge is 0.231 e. The number of hydrogen-bond donors (Lipinski definition) is 0. The number of benzene rings is 6. The van der Waals surface area contributed by atoms with Crippen molar-refractivity contribution in [2.75, 3.05) is 0 Å². The summed E-state index contributed by atoms with van der Waals surface area (Å²) in [6.45, 7) is 0. The highest BCUT2D eigenvalue weighted by molar-refractivity contribution is 6.09. The van der Waals surface area contributed by atoms with E-state index in [9.17, 15) is 0 Å². The van der Waals surface area contributed by atoms with Crippen molar-refractivity contribution in [3.63, 3.8) is 0 Å². The molecule has 0 bridgehead atoms. The molecule has 0 spiro atoms. The minimum Gasteiger partial charge on any atom is -0.231 e. The third-order valence-electron chi connectivity index (χ3n) is 7.99. The van der Waals surface area contributed by atoms with Crippen molar-refractivity contribution in [1.82, 2.24) is 9.61 Å². The van der Waals surface area contributed by atoms with Crippen molar-refractivity contribution in [3.8, 4) is 44.8 Å². The molecule has 0 saturated carbocycles. The van der Waals surface area contributed by atoms with Crippen LogP contribution in [-0.2, 0) is 0 Å². The topological polar surface area (TPSA) is 17.3 Å². The Balaban J connectivity index is 1.46. The minimum atomic E-state index is 0.979. The highest BCUT2D eigenvalue weighted by Gasteiger charge is 2.21. The number of pyridine rings is 1. The fourth-order valence-electron chi connectivity index (χ4n) is 6.09. The van der Waals surface area contributed by atoms with Crippen LogP contribution in [0.4, 0.5) is 0 Å². The third-order valence-corrected chi connectivity index (χ3v) is 7.99. The summed E-state index contributed by atoms with van der Waals surface area (Å²) >= 11 is 0. The highest BCUT2D eigenvalue weighted by Crippen LogP contribution is 2.41. The standard InChI is InChI=1S/C39H26N2/c1-3-14-28(15-4-1)36-26-31-18-8-10-23-35(31)39-37(29-16-5-2-6-17-29)38(40-41(36)39)32-21-11-20-30(25-32)34-24-12-19-27-13-7-9-22-33(27)34/h1-26H. The van der Waals surface area contributed by atoms with Crippen LogP contribution < -0.4 is 0 Å². The van der Waals surface area contributed by atoms with E-state index in [2.05, 4.69) is 162 Å². The van der Waals surface area contributed by atoms with Crippen LogP contribution >= 0.6 is 0 Å². The Hall–Kier alpha value is -5.47. The van der Waals surface area contributed by atoms with Gasteiger partial charge in [-0.2, -0.15) is 5.10 Å². The van der Waals surface area contributed by atoms with Crippen molar-refractivity contribution < 1.29 is 0 Å². The van der Waals surface area contributed by atoms with Gasteiger partial charge in [0.25, 0.3) is 0 Å². The molecule has 0 atom stereocenters. The molecule has 0 amide bonds. The maximum absolute atomic E-state index is 5.40. The zero-order chi connectivity index (χ0) is 27.2. The number of hydrogen-bond acceptors (Lipinski definition) is 1. The summed E-state index contributed by atoms with van der Waals surface area (Å²) in [5.41, 5.74) is 10.1. The van der Waals surface area contributed by atoms with E-state index in [4.69, 9.17) is 5.10 Å². The second-order valence-electron chi connectivity index (χ2n) is 10.4. The molecule has 8 rings (SSSR count). The van der Waals surface area contributed by atoms with Gasteiger partial charge in [0.05, 0.1) is 11.2 Å². The summed E-state index contributed by atoms with van der Waals surface area (Å²) in [6, 6.07) is 56.1. The van der Waals surface area contributed by atoms with Gasteiger partial charge in [0.2, 0.25) is 0 Å². The average molecular weight is 523 g/mol. The predicted octanol–water partition coefficient (Wildman–Crippen LogP) is 10.3. The quantitative estimate of drug-likeness (QED) is 0.225. The van der Waals surface area contributed by atoms with Gasteiger partial charge in [0.15, 0.2) is 0 Å². The molecule has 0 aliphatic carbocycles. The van der Waals surface area contributed by atoms with Crippen molar-refractivity contribution in [1.29, 1.82) is 0 Å². The summed E-state index contributed by atoms with van der Waals surface area (Å²) < 4.78 is 2.15. The summed E-state index contributed by atoms with van der Waals surface area (Å²) in [4.78, 5) is 0. The molecule has 192 valence electrons. The van der Waals surface area contributed by atoms with E-state index in [1.54, 1.807) is 0 Å². The minimum absolute atomic E-state index is 0.979. The molecule has 2 aromatic heterocycles. The highest BCUT2D eigenvalue weighted by atomic mass is 15.2. The van der Waals surface area contributed by atoms with Gasteiger partial charge in [-0.1, -0.05) is 146 Å². The molecule has 2 nitrogen and oxygen atoms in total.